The Morgan fingerprint density at radius 3 is 2.37 bits per heavy atom. The third kappa shape index (κ3) is 4.73. The van der Waals surface area contributed by atoms with Gasteiger partial charge in [-0.2, -0.15) is 0 Å². The molecular weight excluding hydrogens is 376 g/mol. The van der Waals surface area contributed by atoms with E-state index in [-0.39, 0.29) is 24.2 Å². The number of benzene rings is 2. The van der Waals surface area contributed by atoms with Gasteiger partial charge in [0, 0.05) is 0 Å². The fourth-order valence-electron chi connectivity index (χ4n) is 3.29. The maximum atomic E-state index is 12.9. The molecule has 0 fully saturated rings. The van der Waals surface area contributed by atoms with E-state index in [1.54, 1.807) is 6.92 Å². The number of hydrogen-bond donors (Lipinski definition) is 1. The van der Waals surface area contributed by atoms with Gasteiger partial charge in [-0.25, -0.2) is 0 Å². The number of hydrogen-bond acceptors (Lipinski definition) is 4. The number of ether oxygens (including phenoxy) is 1. The van der Waals surface area contributed by atoms with Crippen molar-refractivity contribution in [3.05, 3.63) is 81.7 Å². The fourth-order valence-corrected chi connectivity index (χ4v) is 3.29. The van der Waals surface area contributed by atoms with Gasteiger partial charge in [-0.15, -0.1) is 0 Å². The van der Waals surface area contributed by atoms with Crippen molar-refractivity contribution < 1.29 is 14.1 Å². The van der Waals surface area contributed by atoms with E-state index in [2.05, 4.69) is 48.6 Å². The van der Waals surface area contributed by atoms with Crippen molar-refractivity contribution in [3.8, 4) is 5.75 Å². The molecule has 3 rings (SSSR count). The molecule has 2 aromatic carbocycles. The topological polar surface area (TPSA) is 64.4 Å². The standard InChI is InChI=1S/C25H30N2O3/c1-15(2)20-10-12-21(13-11-20)18(5)26-25(28)24-22(19(6)30-27-24)14-29-23-9-7-8-16(3)17(23)4/h7-13,15,18H,14H2,1-6H3,(H,26,28). The van der Waals surface area contributed by atoms with Crippen molar-refractivity contribution >= 4 is 5.91 Å². The van der Waals surface area contributed by atoms with Crippen molar-refractivity contribution in [2.75, 3.05) is 0 Å². The summed E-state index contributed by atoms with van der Waals surface area (Å²) in [5.74, 6) is 1.58. The van der Waals surface area contributed by atoms with E-state index in [1.807, 2.05) is 39.0 Å². The van der Waals surface area contributed by atoms with Gasteiger partial charge in [0.15, 0.2) is 5.69 Å². The van der Waals surface area contributed by atoms with Gasteiger partial charge in [-0.05, 0) is 61.9 Å². The lowest BCUT2D eigenvalue weighted by atomic mass is 9.99. The highest BCUT2D eigenvalue weighted by molar-refractivity contribution is 5.94. The van der Waals surface area contributed by atoms with Crippen LogP contribution in [-0.2, 0) is 6.61 Å². The van der Waals surface area contributed by atoms with Crippen LogP contribution in [0.4, 0.5) is 0 Å². The summed E-state index contributed by atoms with van der Waals surface area (Å²) in [7, 11) is 0. The summed E-state index contributed by atoms with van der Waals surface area (Å²) in [6.07, 6.45) is 0. The largest absolute Gasteiger partial charge is 0.488 e. The maximum Gasteiger partial charge on any atom is 0.274 e. The highest BCUT2D eigenvalue weighted by Gasteiger charge is 2.22. The van der Waals surface area contributed by atoms with Gasteiger partial charge in [-0.1, -0.05) is 55.4 Å². The van der Waals surface area contributed by atoms with Gasteiger partial charge in [0.2, 0.25) is 0 Å². The van der Waals surface area contributed by atoms with Crippen LogP contribution in [0, 0.1) is 20.8 Å². The molecule has 0 saturated carbocycles. The molecule has 0 bridgehead atoms. The summed E-state index contributed by atoms with van der Waals surface area (Å²) in [5, 5.41) is 7.00. The number of aromatic nitrogens is 1. The quantitative estimate of drug-likeness (QED) is 0.539. The number of amides is 1. The Morgan fingerprint density at radius 2 is 1.70 bits per heavy atom. The minimum Gasteiger partial charge on any atom is -0.488 e. The van der Waals surface area contributed by atoms with Crippen molar-refractivity contribution in [2.45, 2.75) is 60.1 Å². The molecule has 1 atom stereocenters. The van der Waals surface area contributed by atoms with Crippen molar-refractivity contribution in [1.82, 2.24) is 10.5 Å². The van der Waals surface area contributed by atoms with Crippen molar-refractivity contribution in [3.63, 3.8) is 0 Å². The summed E-state index contributed by atoms with van der Waals surface area (Å²) >= 11 is 0. The first-order chi connectivity index (χ1) is 14.3. The second-order valence-corrected chi connectivity index (χ2v) is 8.07. The number of carbonyl (C=O) groups excluding carboxylic acids is 1. The smallest absolute Gasteiger partial charge is 0.274 e. The number of nitrogens with zero attached hydrogens (tertiary/aromatic N) is 1. The number of rotatable bonds is 7. The molecule has 0 spiro atoms. The van der Waals surface area contributed by atoms with E-state index in [9.17, 15) is 4.79 Å². The second-order valence-electron chi connectivity index (χ2n) is 8.07. The van der Waals surface area contributed by atoms with E-state index in [1.165, 1.54) is 5.56 Å². The lowest BCUT2D eigenvalue weighted by molar-refractivity contribution is 0.0928. The van der Waals surface area contributed by atoms with Crippen LogP contribution in [0.3, 0.4) is 0 Å². The Kier molecular flexibility index (Phi) is 6.60. The highest BCUT2D eigenvalue weighted by atomic mass is 16.5. The van der Waals surface area contributed by atoms with Crippen LogP contribution in [0.25, 0.3) is 0 Å². The normalized spacial score (nSPS) is 12.1. The third-order valence-electron chi connectivity index (χ3n) is 5.58. The van der Waals surface area contributed by atoms with E-state index in [4.69, 9.17) is 9.26 Å². The molecule has 1 aromatic heterocycles. The van der Waals surface area contributed by atoms with Gasteiger partial charge >= 0.3 is 0 Å². The zero-order valence-electron chi connectivity index (χ0n) is 18.6. The Hall–Kier alpha value is -3.08. The third-order valence-corrected chi connectivity index (χ3v) is 5.58. The minimum absolute atomic E-state index is 0.150. The average molecular weight is 407 g/mol. The Labute approximate surface area is 178 Å². The SMILES string of the molecule is Cc1cccc(OCc2c(C(=O)NC(C)c3ccc(C(C)C)cc3)noc2C)c1C. The molecule has 1 unspecified atom stereocenters. The highest BCUT2D eigenvalue weighted by Crippen LogP contribution is 2.24. The first-order valence-electron chi connectivity index (χ1n) is 10.3. The first-order valence-corrected chi connectivity index (χ1v) is 10.3. The zero-order chi connectivity index (χ0) is 21.8. The second kappa shape index (κ2) is 9.16. The summed E-state index contributed by atoms with van der Waals surface area (Å²) < 4.78 is 11.3. The van der Waals surface area contributed by atoms with E-state index in [0.29, 0.717) is 17.2 Å². The predicted octanol–water partition coefficient (Wildman–Crippen LogP) is 5.79. The van der Waals surface area contributed by atoms with E-state index < -0.39 is 0 Å². The van der Waals surface area contributed by atoms with Gasteiger partial charge in [-0.3, -0.25) is 4.79 Å². The van der Waals surface area contributed by atoms with Crippen LogP contribution in [0.2, 0.25) is 0 Å². The first kappa shape index (κ1) is 21.6. The van der Waals surface area contributed by atoms with Crippen molar-refractivity contribution in [1.29, 1.82) is 0 Å². The minimum atomic E-state index is -0.271. The molecule has 0 aliphatic rings. The van der Waals surface area contributed by atoms with E-state index >= 15 is 0 Å². The predicted molar refractivity (Wildman–Crippen MR) is 118 cm³/mol. The van der Waals surface area contributed by atoms with Gasteiger partial charge in [0.25, 0.3) is 5.91 Å². The average Bonchev–Trinajstić information content (AvgIpc) is 3.09. The molecular formula is C25H30N2O3. The zero-order valence-corrected chi connectivity index (χ0v) is 18.6. The van der Waals surface area contributed by atoms with Crippen LogP contribution >= 0.6 is 0 Å². The molecule has 5 heteroatoms. The molecule has 0 saturated heterocycles. The molecule has 0 radical (unpaired) electrons. The number of nitrogens with one attached hydrogen (secondary N) is 1. The van der Waals surface area contributed by atoms with Crippen molar-refractivity contribution in [2.24, 2.45) is 0 Å². The summed E-state index contributed by atoms with van der Waals surface area (Å²) in [4.78, 5) is 12.9. The van der Waals surface area contributed by atoms with Crippen LogP contribution < -0.4 is 10.1 Å². The van der Waals surface area contributed by atoms with Crippen LogP contribution in [0.15, 0.2) is 47.0 Å². The number of carbonyl (C=O) groups is 1. The Balaban J connectivity index is 1.71. The fraction of sp³-hybridized carbons (Fsp3) is 0.360. The van der Waals surface area contributed by atoms with E-state index in [0.717, 1.165) is 22.4 Å². The molecule has 0 aliphatic heterocycles. The molecule has 30 heavy (non-hydrogen) atoms. The molecule has 1 amide bonds. The maximum absolute atomic E-state index is 12.9. The van der Waals surface area contributed by atoms with Crippen LogP contribution in [0.5, 0.6) is 5.75 Å². The summed E-state index contributed by atoms with van der Waals surface area (Å²) in [5.41, 5.74) is 5.48. The van der Waals surface area contributed by atoms with Crippen LogP contribution in [-0.4, -0.2) is 11.1 Å². The molecule has 5 nitrogen and oxygen atoms in total. The molecule has 0 aliphatic carbocycles. The monoisotopic (exact) mass is 406 g/mol. The molecule has 3 aromatic rings. The number of aryl methyl sites for hydroxylation is 2. The Bertz CT molecular complexity index is 1020. The Morgan fingerprint density at radius 1 is 1.03 bits per heavy atom. The summed E-state index contributed by atoms with van der Waals surface area (Å²) in [6, 6.07) is 14.1. The van der Waals surface area contributed by atoms with Gasteiger partial charge in [0.1, 0.15) is 18.1 Å². The molecule has 1 heterocycles. The van der Waals surface area contributed by atoms with Crippen LogP contribution in [0.1, 0.15) is 76.8 Å². The lowest BCUT2D eigenvalue weighted by Crippen LogP contribution is -2.28. The lowest BCUT2D eigenvalue weighted by Gasteiger charge is -2.15. The van der Waals surface area contributed by atoms with Gasteiger partial charge in [0.05, 0.1) is 11.6 Å². The molecule has 1 N–H and O–H groups in total. The van der Waals surface area contributed by atoms with Gasteiger partial charge < -0.3 is 14.6 Å². The molecule has 158 valence electrons. The summed E-state index contributed by atoms with van der Waals surface area (Å²) in [6.45, 7) is 12.4.